The summed E-state index contributed by atoms with van der Waals surface area (Å²) in [5.74, 6) is 0.929. The molecule has 0 radical (unpaired) electrons. The van der Waals surface area contributed by atoms with Gasteiger partial charge in [-0.15, -0.1) is 0 Å². The summed E-state index contributed by atoms with van der Waals surface area (Å²) in [4.78, 5) is 14.9. The zero-order valence-electron chi connectivity index (χ0n) is 21.2. The Kier molecular flexibility index (Phi) is 7.18. The topological polar surface area (TPSA) is 75.7 Å². The second-order valence-electron chi connectivity index (χ2n) is 10.8. The Hall–Kier alpha value is -2.80. The SMILES string of the molecule is COc1c(/C=C/c2ccc(NS(C)(=O)=O)cc2)cc(N2CCC(C)(C)CC2=O)cc1C(C)(C)C. The van der Waals surface area contributed by atoms with Gasteiger partial charge < -0.3 is 9.64 Å². The van der Waals surface area contributed by atoms with Gasteiger partial charge in [-0.3, -0.25) is 9.52 Å². The molecule has 2 aromatic carbocycles. The van der Waals surface area contributed by atoms with Crippen LogP contribution in [0.5, 0.6) is 5.75 Å². The zero-order chi connectivity index (χ0) is 25.3. The lowest BCUT2D eigenvalue weighted by Gasteiger charge is -2.37. The summed E-state index contributed by atoms with van der Waals surface area (Å²) in [6.07, 6.45) is 6.55. The normalized spacial score (nSPS) is 16.7. The molecule has 0 spiro atoms. The molecule has 34 heavy (non-hydrogen) atoms. The lowest BCUT2D eigenvalue weighted by molar-refractivity contribution is -0.122. The minimum atomic E-state index is -3.32. The van der Waals surface area contributed by atoms with E-state index in [4.69, 9.17) is 4.74 Å². The van der Waals surface area contributed by atoms with Crippen molar-refractivity contribution in [1.82, 2.24) is 0 Å². The Morgan fingerprint density at radius 1 is 1.09 bits per heavy atom. The van der Waals surface area contributed by atoms with Crippen LogP contribution in [0.25, 0.3) is 12.2 Å². The van der Waals surface area contributed by atoms with Crippen LogP contribution in [-0.4, -0.2) is 34.2 Å². The third-order valence-electron chi connectivity index (χ3n) is 6.04. The molecule has 0 saturated carbocycles. The van der Waals surface area contributed by atoms with E-state index in [1.807, 2.05) is 35.3 Å². The van der Waals surface area contributed by atoms with E-state index in [9.17, 15) is 13.2 Å². The van der Waals surface area contributed by atoms with Crippen LogP contribution in [0.15, 0.2) is 36.4 Å². The molecule has 7 heteroatoms. The lowest BCUT2D eigenvalue weighted by atomic mass is 9.81. The molecule has 2 aromatic rings. The molecular weight excluding hydrogens is 448 g/mol. The van der Waals surface area contributed by atoms with E-state index in [0.717, 1.165) is 40.8 Å². The van der Waals surface area contributed by atoms with Gasteiger partial charge in [-0.05, 0) is 47.1 Å². The standard InChI is InChI=1S/C27H36N2O4S/c1-26(2,3)23-17-22(29-15-14-27(4,5)18-24(29)30)16-20(25(23)33-6)11-8-19-9-12-21(13-10-19)28-34(7,31)32/h8-13,16-17,28H,14-15,18H2,1-7H3/b11-8+. The van der Waals surface area contributed by atoms with Gasteiger partial charge in [-0.25, -0.2) is 8.42 Å². The van der Waals surface area contributed by atoms with E-state index < -0.39 is 10.0 Å². The number of nitrogens with zero attached hydrogens (tertiary/aromatic N) is 1. The number of piperidine rings is 1. The molecule has 0 aromatic heterocycles. The average molecular weight is 485 g/mol. The number of carbonyl (C=O) groups excluding carboxylic acids is 1. The first-order chi connectivity index (χ1) is 15.7. The molecule has 3 rings (SSSR count). The number of methoxy groups -OCH3 is 1. The summed E-state index contributed by atoms with van der Waals surface area (Å²) < 4.78 is 31.2. The first-order valence-electron chi connectivity index (χ1n) is 11.5. The van der Waals surface area contributed by atoms with E-state index in [2.05, 4.69) is 45.4 Å². The minimum absolute atomic E-state index is 0.0216. The van der Waals surface area contributed by atoms with Crippen molar-refractivity contribution in [1.29, 1.82) is 0 Å². The van der Waals surface area contributed by atoms with E-state index in [1.54, 1.807) is 19.2 Å². The van der Waals surface area contributed by atoms with Crippen LogP contribution < -0.4 is 14.4 Å². The predicted octanol–water partition coefficient (Wildman–Crippen LogP) is 5.69. The highest BCUT2D eigenvalue weighted by Gasteiger charge is 2.33. The van der Waals surface area contributed by atoms with Crippen LogP contribution in [-0.2, 0) is 20.2 Å². The molecule has 1 aliphatic heterocycles. The van der Waals surface area contributed by atoms with Crippen LogP contribution >= 0.6 is 0 Å². The fourth-order valence-corrected chi connectivity index (χ4v) is 4.73. The second kappa shape index (κ2) is 9.45. The second-order valence-corrected chi connectivity index (χ2v) is 12.6. The summed E-state index contributed by atoms with van der Waals surface area (Å²) in [7, 11) is -1.65. The Bertz CT molecular complexity index is 1190. The molecule has 0 bridgehead atoms. The maximum Gasteiger partial charge on any atom is 0.229 e. The molecule has 1 amide bonds. The molecule has 0 unspecified atom stereocenters. The fraction of sp³-hybridized carbons (Fsp3) is 0.444. The maximum atomic E-state index is 13.0. The molecular formula is C27H36N2O4S. The van der Waals surface area contributed by atoms with Crippen molar-refractivity contribution in [2.45, 2.75) is 52.9 Å². The third-order valence-corrected chi connectivity index (χ3v) is 6.65. The van der Waals surface area contributed by atoms with E-state index in [0.29, 0.717) is 18.7 Å². The van der Waals surface area contributed by atoms with Gasteiger partial charge in [-0.1, -0.05) is 58.9 Å². The monoisotopic (exact) mass is 484 g/mol. The first kappa shape index (κ1) is 25.8. The van der Waals surface area contributed by atoms with Crippen LogP contribution in [0.2, 0.25) is 0 Å². The number of hydrogen-bond donors (Lipinski definition) is 1. The number of hydrogen-bond acceptors (Lipinski definition) is 4. The number of sulfonamides is 1. The number of carbonyl (C=O) groups is 1. The van der Waals surface area contributed by atoms with Crippen LogP contribution in [0.1, 0.15) is 64.2 Å². The summed E-state index contributed by atoms with van der Waals surface area (Å²) in [6, 6.07) is 11.2. The predicted molar refractivity (Wildman–Crippen MR) is 141 cm³/mol. The van der Waals surface area contributed by atoms with Crippen molar-refractivity contribution in [3.05, 3.63) is 53.1 Å². The molecule has 1 fully saturated rings. The van der Waals surface area contributed by atoms with E-state index >= 15 is 0 Å². The van der Waals surface area contributed by atoms with Gasteiger partial charge in [-0.2, -0.15) is 0 Å². The van der Waals surface area contributed by atoms with E-state index in [-0.39, 0.29) is 16.7 Å². The number of nitrogens with one attached hydrogen (secondary N) is 1. The number of ether oxygens (including phenoxy) is 1. The van der Waals surface area contributed by atoms with Crippen molar-refractivity contribution in [3.63, 3.8) is 0 Å². The zero-order valence-corrected chi connectivity index (χ0v) is 22.0. The number of benzene rings is 2. The molecule has 1 aliphatic rings. The smallest absolute Gasteiger partial charge is 0.229 e. The van der Waals surface area contributed by atoms with Gasteiger partial charge >= 0.3 is 0 Å². The largest absolute Gasteiger partial charge is 0.496 e. The van der Waals surface area contributed by atoms with Gasteiger partial charge in [0.15, 0.2) is 0 Å². The van der Waals surface area contributed by atoms with Gasteiger partial charge in [0.05, 0.1) is 13.4 Å². The number of anilines is 2. The van der Waals surface area contributed by atoms with Crippen LogP contribution in [0.3, 0.4) is 0 Å². The molecule has 1 N–H and O–H groups in total. The van der Waals surface area contributed by atoms with Crippen molar-refractivity contribution in [3.8, 4) is 5.75 Å². The molecule has 1 saturated heterocycles. The lowest BCUT2D eigenvalue weighted by Crippen LogP contribution is -2.42. The summed E-state index contributed by atoms with van der Waals surface area (Å²) in [5, 5.41) is 0. The fourth-order valence-electron chi connectivity index (χ4n) is 4.17. The molecule has 0 aliphatic carbocycles. The van der Waals surface area contributed by atoms with Gasteiger partial charge in [0.25, 0.3) is 0 Å². The number of amides is 1. The summed E-state index contributed by atoms with van der Waals surface area (Å²) in [6.45, 7) is 11.4. The average Bonchev–Trinajstić information content (AvgIpc) is 2.70. The highest BCUT2D eigenvalue weighted by molar-refractivity contribution is 7.92. The molecule has 1 heterocycles. The molecule has 6 nitrogen and oxygen atoms in total. The molecule has 184 valence electrons. The van der Waals surface area contributed by atoms with Gasteiger partial charge in [0, 0.05) is 35.5 Å². The highest BCUT2D eigenvalue weighted by atomic mass is 32.2. The van der Waals surface area contributed by atoms with Crippen molar-refractivity contribution < 1.29 is 17.9 Å². The van der Waals surface area contributed by atoms with Crippen molar-refractivity contribution >= 4 is 39.5 Å². The highest BCUT2D eigenvalue weighted by Crippen LogP contribution is 2.40. The van der Waals surface area contributed by atoms with E-state index in [1.165, 1.54) is 0 Å². The first-order valence-corrected chi connectivity index (χ1v) is 13.4. The Morgan fingerprint density at radius 3 is 2.26 bits per heavy atom. The van der Waals surface area contributed by atoms with Gasteiger partial charge in [0.2, 0.25) is 15.9 Å². The Morgan fingerprint density at radius 2 is 1.74 bits per heavy atom. The Labute approximate surface area is 204 Å². The van der Waals surface area contributed by atoms with Crippen LogP contribution in [0.4, 0.5) is 11.4 Å². The van der Waals surface area contributed by atoms with Gasteiger partial charge in [0.1, 0.15) is 5.75 Å². The summed E-state index contributed by atoms with van der Waals surface area (Å²) >= 11 is 0. The quantitative estimate of drug-likeness (QED) is 0.535. The summed E-state index contributed by atoms with van der Waals surface area (Å²) in [5.41, 5.74) is 4.09. The van der Waals surface area contributed by atoms with Crippen molar-refractivity contribution in [2.24, 2.45) is 5.41 Å². The third kappa shape index (κ3) is 6.41. The number of rotatable bonds is 6. The van der Waals surface area contributed by atoms with Crippen molar-refractivity contribution in [2.75, 3.05) is 29.5 Å². The molecule has 0 atom stereocenters. The Balaban J connectivity index is 2.00. The maximum absolute atomic E-state index is 13.0. The minimum Gasteiger partial charge on any atom is -0.496 e. The van der Waals surface area contributed by atoms with Crippen LogP contribution in [0, 0.1) is 5.41 Å².